The number of rotatable bonds is 3. The van der Waals surface area contributed by atoms with Gasteiger partial charge < -0.3 is 5.32 Å². The minimum absolute atomic E-state index is 0.223. The van der Waals surface area contributed by atoms with Crippen LogP contribution >= 0.6 is 22.9 Å². The highest BCUT2D eigenvalue weighted by molar-refractivity contribution is 7.20. The van der Waals surface area contributed by atoms with E-state index in [9.17, 15) is 4.79 Å². The number of hydrogen-bond donors (Lipinski definition) is 1. The molecule has 2 heterocycles. The Morgan fingerprint density at radius 3 is 2.68 bits per heavy atom. The minimum atomic E-state index is -0.223. The number of fused-ring (bicyclic) bond motifs is 1. The number of amides is 1. The number of thiazole rings is 1. The molecular formula is C18H13ClN4OS. The maximum atomic E-state index is 12.5. The lowest BCUT2D eigenvalue weighted by molar-refractivity contribution is 0.102. The molecule has 25 heavy (non-hydrogen) atoms. The van der Waals surface area contributed by atoms with Gasteiger partial charge in [-0.15, -0.1) is 0 Å². The summed E-state index contributed by atoms with van der Waals surface area (Å²) in [5, 5.41) is 8.66. The number of halogens is 1. The van der Waals surface area contributed by atoms with E-state index in [1.165, 1.54) is 11.3 Å². The summed E-state index contributed by atoms with van der Waals surface area (Å²) < 4.78 is 2.73. The van der Waals surface area contributed by atoms with Gasteiger partial charge in [0.25, 0.3) is 5.91 Å². The molecule has 2 aromatic carbocycles. The molecule has 0 saturated heterocycles. The van der Waals surface area contributed by atoms with Gasteiger partial charge in [0.1, 0.15) is 5.82 Å². The minimum Gasteiger partial charge on any atom is -0.306 e. The Morgan fingerprint density at radius 1 is 1.16 bits per heavy atom. The molecule has 2 aromatic heterocycles. The summed E-state index contributed by atoms with van der Waals surface area (Å²) in [6, 6.07) is 16.5. The predicted octanol–water partition coefficient (Wildman–Crippen LogP) is 4.70. The van der Waals surface area contributed by atoms with Crippen molar-refractivity contribution in [1.29, 1.82) is 0 Å². The molecule has 0 fully saturated rings. The average molecular weight is 369 g/mol. The second-order valence-electron chi connectivity index (χ2n) is 5.51. The van der Waals surface area contributed by atoms with Crippen molar-refractivity contribution in [2.75, 3.05) is 5.32 Å². The third-order valence-electron chi connectivity index (χ3n) is 3.64. The second kappa shape index (κ2) is 6.31. The summed E-state index contributed by atoms with van der Waals surface area (Å²) >= 11 is 7.39. The predicted molar refractivity (Wildman–Crippen MR) is 101 cm³/mol. The van der Waals surface area contributed by atoms with E-state index in [1.54, 1.807) is 28.9 Å². The third-order valence-corrected chi connectivity index (χ3v) is 4.91. The fraction of sp³-hybridized carbons (Fsp3) is 0.0556. The fourth-order valence-corrected chi connectivity index (χ4v) is 3.53. The molecule has 5 nitrogen and oxygen atoms in total. The van der Waals surface area contributed by atoms with Gasteiger partial charge in [-0.05, 0) is 43.3 Å². The Hall–Kier alpha value is -2.70. The first-order chi connectivity index (χ1) is 12.1. The van der Waals surface area contributed by atoms with Crippen LogP contribution in [0.15, 0.2) is 54.6 Å². The number of nitrogens with one attached hydrogen (secondary N) is 1. The van der Waals surface area contributed by atoms with Crippen LogP contribution in [0.1, 0.15) is 16.1 Å². The zero-order valence-corrected chi connectivity index (χ0v) is 14.8. The molecule has 0 saturated carbocycles. The van der Waals surface area contributed by atoms with E-state index in [1.807, 2.05) is 37.3 Å². The van der Waals surface area contributed by atoms with Gasteiger partial charge in [-0.25, -0.2) is 4.98 Å². The van der Waals surface area contributed by atoms with Crippen molar-refractivity contribution in [3.05, 3.63) is 70.9 Å². The lowest BCUT2D eigenvalue weighted by Gasteiger charge is -2.06. The van der Waals surface area contributed by atoms with Crippen LogP contribution in [0.2, 0.25) is 5.02 Å². The molecule has 4 aromatic rings. The number of hydrogen-bond acceptors (Lipinski definition) is 4. The zero-order chi connectivity index (χ0) is 17.4. The van der Waals surface area contributed by atoms with Crippen molar-refractivity contribution in [1.82, 2.24) is 14.8 Å². The average Bonchev–Trinajstić information content (AvgIpc) is 3.18. The molecule has 124 valence electrons. The van der Waals surface area contributed by atoms with Gasteiger partial charge in [-0.2, -0.15) is 9.78 Å². The van der Waals surface area contributed by atoms with E-state index in [4.69, 9.17) is 11.6 Å². The van der Waals surface area contributed by atoms with E-state index in [0.29, 0.717) is 21.5 Å². The molecular weight excluding hydrogens is 356 g/mol. The van der Waals surface area contributed by atoms with Crippen LogP contribution in [0, 0.1) is 6.92 Å². The number of aromatic nitrogens is 3. The Bertz CT molecular complexity index is 1040. The summed E-state index contributed by atoms with van der Waals surface area (Å²) in [4.78, 5) is 17.1. The highest BCUT2D eigenvalue weighted by Gasteiger charge is 2.15. The number of aryl methyl sites for hydroxylation is 1. The van der Waals surface area contributed by atoms with Crippen molar-refractivity contribution >= 4 is 44.9 Å². The van der Waals surface area contributed by atoms with Crippen molar-refractivity contribution in [3.63, 3.8) is 0 Å². The van der Waals surface area contributed by atoms with E-state index >= 15 is 0 Å². The summed E-state index contributed by atoms with van der Waals surface area (Å²) in [6.07, 6.45) is 0. The van der Waals surface area contributed by atoms with Gasteiger partial charge in [-0.1, -0.05) is 35.1 Å². The number of benzene rings is 2. The molecule has 0 atom stereocenters. The zero-order valence-electron chi connectivity index (χ0n) is 13.2. The van der Waals surface area contributed by atoms with Gasteiger partial charge in [0.05, 0.1) is 15.9 Å². The maximum absolute atomic E-state index is 12.5. The lowest BCUT2D eigenvalue weighted by Crippen LogP contribution is -2.15. The molecule has 0 aliphatic heterocycles. The van der Waals surface area contributed by atoms with Gasteiger partial charge >= 0.3 is 0 Å². The number of anilines is 1. The van der Waals surface area contributed by atoms with Crippen LogP contribution in [0.3, 0.4) is 0 Å². The molecule has 0 radical (unpaired) electrons. The Labute approximate surface area is 152 Å². The Kier molecular flexibility index (Phi) is 3.99. The van der Waals surface area contributed by atoms with Crippen LogP contribution in [0.5, 0.6) is 0 Å². The first-order valence-corrected chi connectivity index (χ1v) is 8.79. The van der Waals surface area contributed by atoms with Crippen molar-refractivity contribution < 1.29 is 4.79 Å². The van der Waals surface area contributed by atoms with E-state index < -0.39 is 0 Å². The molecule has 1 N–H and O–H groups in total. The highest BCUT2D eigenvalue weighted by atomic mass is 35.5. The van der Waals surface area contributed by atoms with E-state index in [2.05, 4.69) is 15.4 Å². The standard InChI is InChI=1S/C18H13ClN4OS/c1-11-10-16(21-17(24)12-6-8-13(19)9-7-12)23(22-11)18-20-14-4-2-3-5-15(14)25-18/h2-10H,1H3,(H,21,24). The first kappa shape index (κ1) is 15.8. The summed E-state index contributed by atoms with van der Waals surface area (Å²) in [5.41, 5.74) is 2.23. The first-order valence-electron chi connectivity index (χ1n) is 7.60. The number of nitrogens with zero attached hydrogens (tertiary/aromatic N) is 3. The lowest BCUT2D eigenvalue weighted by atomic mass is 10.2. The van der Waals surface area contributed by atoms with Gasteiger partial charge in [0.2, 0.25) is 5.13 Å². The summed E-state index contributed by atoms with van der Waals surface area (Å²) in [5.74, 6) is 0.357. The number of carbonyl (C=O) groups excluding carboxylic acids is 1. The van der Waals surface area contributed by atoms with Crippen LogP contribution in [0.25, 0.3) is 15.3 Å². The molecule has 7 heteroatoms. The second-order valence-corrected chi connectivity index (χ2v) is 6.95. The number of carbonyl (C=O) groups is 1. The maximum Gasteiger partial charge on any atom is 0.256 e. The fourth-order valence-electron chi connectivity index (χ4n) is 2.47. The van der Waals surface area contributed by atoms with Crippen molar-refractivity contribution in [2.24, 2.45) is 0 Å². The summed E-state index contributed by atoms with van der Waals surface area (Å²) in [7, 11) is 0. The Balaban J connectivity index is 1.69. The van der Waals surface area contributed by atoms with Gasteiger partial charge in [0.15, 0.2) is 0 Å². The summed E-state index contributed by atoms with van der Waals surface area (Å²) in [6.45, 7) is 1.88. The van der Waals surface area contributed by atoms with E-state index in [0.717, 1.165) is 15.9 Å². The van der Waals surface area contributed by atoms with Crippen LogP contribution < -0.4 is 5.32 Å². The van der Waals surface area contributed by atoms with Crippen LogP contribution in [-0.4, -0.2) is 20.7 Å². The van der Waals surface area contributed by atoms with Crippen LogP contribution in [-0.2, 0) is 0 Å². The van der Waals surface area contributed by atoms with Crippen molar-refractivity contribution in [2.45, 2.75) is 6.92 Å². The van der Waals surface area contributed by atoms with E-state index in [-0.39, 0.29) is 5.91 Å². The van der Waals surface area contributed by atoms with Gasteiger partial charge in [-0.3, -0.25) is 4.79 Å². The van der Waals surface area contributed by atoms with Gasteiger partial charge in [0, 0.05) is 16.7 Å². The molecule has 0 bridgehead atoms. The third kappa shape index (κ3) is 3.14. The van der Waals surface area contributed by atoms with Crippen LogP contribution in [0.4, 0.5) is 5.82 Å². The number of para-hydroxylation sites is 1. The SMILES string of the molecule is Cc1cc(NC(=O)c2ccc(Cl)cc2)n(-c2nc3ccccc3s2)n1. The molecule has 0 unspecified atom stereocenters. The molecule has 0 aliphatic rings. The quantitative estimate of drug-likeness (QED) is 0.570. The highest BCUT2D eigenvalue weighted by Crippen LogP contribution is 2.27. The molecule has 4 rings (SSSR count). The Morgan fingerprint density at radius 2 is 1.92 bits per heavy atom. The monoisotopic (exact) mass is 368 g/mol. The normalized spacial score (nSPS) is 11.0. The van der Waals surface area contributed by atoms with Crippen molar-refractivity contribution in [3.8, 4) is 5.13 Å². The molecule has 0 spiro atoms. The molecule has 0 aliphatic carbocycles. The smallest absolute Gasteiger partial charge is 0.256 e. The molecule has 1 amide bonds. The largest absolute Gasteiger partial charge is 0.306 e. The topological polar surface area (TPSA) is 59.8 Å².